The summed E-state index contributed by atoms with van der Waals surface area (Å²) in [7, 11) is 1.64. The van der Waals surface area contributed by atoms with E-state index in [-0.39, 0.29) is 12.0 Å². The van der Waals surface area contributed by atoms with Crippen molar-refractivity contribution in [3.8, 4) is 11.5 Å². The van der Waals surface area contributed by atoms with Crippen molar-refractivity contribution >= 4 is 6.21 Å². The maximum atomic E-state index is 9.77. The van der Waals surface area contributed by atoms with Gasteiger partial charge in [-0.25, -0.2) is 0 Å². The number of methoxy groups -OCH3 is 1. The Morgan fingerprint density at radius 1 is 1.48 bits per heavy atom. The lowest BCUT2D eigenvalue weighted by molar-refractivity contribution is 0.117. The van der Waals surface area contributed by atoms with Gasteiger partial charge in [0.2, 0.25) is 0 Å². The number of nitrogens with zero attached hydrogens (tertiary/aromatic N) is 1. The summed E-state index contributed by atoms with van der Waals surface area (Å²) in [6, 6.07) is 3.89. The van der Waals surface area contributed by atoms with Crippen LogP contribution in [0.1, 0.15) is 23.5 Å². The van der Waals surface area contributed by atoms with Crippen LogP contribution in [-0.4, -0.2) is 37.2 Å². The lowest BCUT2D eigenvalue weighted by Crippen LogP contribution is -2.27. The smallest absolute Gasteiger partial charge is 0.166 e. The highest BCUT2D eigenvalue weighted by molar-refractivity contribution is 5.85. The van der Waals surface area contributed by atoms with Gasteiger partial charge in [0.25, 0.3) is 0 Å². The van der Waals surface area contributed by atoms with Crippen LogP contribution in [0, 0.1) is 0 Å². The lowest BCUT2D eigenvalue weighted by atomic mass is 9.85. The molecule has 0 aromatic heterocycles. The summed E-state index contributed by atoms with van der Waals surface area (Å²) in [4.78, 5) is 4.33. The van der Waals surface area contributed by atoms with Crippen LogP contribution in [-0.2, 0) is 0 Å². The summed E-state index contributed by atoms with van der Waals surface area (Å²) in [5.74, 6) is 1.64. The molecule has 3 atom stereocenters. The van der Waals surface area contributed by atoms with Gasteiger partial charge in [-0.15, -0.1) is 6.58 Å². The monoisotopic (exact) mass is 285 g/mol. The van der Waals surface area contributed by atoms with Gasteiger partial charge in [0.15, 0.2) is 11.5 Å². The van der Waals surface area contributed by atoms with Gasteiger partial charge < -0.3 is 14.6 Å². The molecule has 2 aliphatic rings. The van der Waals surface area contributed by atoms with E-state index in [0.29, 0.717) is 13.0 Å². The Bertz CT molecular complexity index is 606. The summed E-state index contributed by atoms with van der Waals surface area (Å²) in [5.41, 5.74) is 2.12. The summed E-state index contributed by atoms with van der Waals surface area (Å²) in [6.07, 6.45) is 7.59. The van der Waals surface area contributed by atoms with Crippen LogP contribution < -0.4 is 9.47 Å². The van der Waals surface area contributed by atoms with E-state index in [9.17, 15) is 5.11 Å². The molecule has 0 spiro atoms. The molecule has 4 heteroatoms. The van der Waals surface area contributed by atoms with Crippen LogP contribution in [0.2, 0.25) is 0 Å². The highest BCUT2D eigenvalue weighted by atomic mass is 16.5. The second kappa shape index (κ2) is 5.74. The third-order valence-corrected chi connectivity index (χ3v) is 3.90. The number of hydrogen-bond acceptors (Lipinski definition) is 4. The highest BCUT2D eigenvalue weighted by Gasteiger charge is 2.39. The summed E-state index contributed by atoms with van der Waals surface area (Å²) < 4.78 is 11.4. The fourth-order valence-corrected chi connectivity index (χ4v) is 2.95. The Morgan fingerprint density at radius 2 is 2.33 bits per heavy atom. The number of hydrogen-bond donors (Lipinski definition) is 1. The Kier molecular flexibility index (Phi) is 3.80. The minimum Gasteiger partial charge on any atom is -0.493 e. The van der Waals surface area contributed by atoms with Crippen LogP contribution in [0.4, 0.5) is 0 Å². The summed E-state index contributed by atoms with van der Waals surface area (Å²) >= 11 is 0. The molecule has 0 amide bonds. The van der Waals surface area contributed by atoms with Gasteiger partial charge in [-0.05, 0) is 12.1 Å². The molecule has 0 saturated heterocycles. The fraction of sp³-hybridized carbons (Fsp3) is 0.353. The number of aliphatic hydroxyl groups is 1. The van der Waals surface area contributed by atoms with Gasteiger partial charge in [-0.1, -0.05) is 18.2 Å². The third kappa shape index (κ3) is 2.47. The zero-order valence-corrected chi connectivity index (χ0v) is 12.0. The molecular weight excluding hydrogens is 266 g/mol. The third-order valence-electron chi connectivity index (χ3n) is 3.90. The molecule has 1 aromatic carbocycles. The molecule has 110 valence electrons. The fourth-order valence-electron chi connectivity index (χ4n) is 2.95. The molecule has 0 fully saturated rings. The molecule has 4 nitrogen and oxygen atoms in total. The summed E-state index contributed by atoms with van der Waals surface area (Å²) in [6.45, 7) is 4.26. The second-order valence-electron chi connectivity index (χ2n) is 5.25. The predicted molar refractivity (Wildman–Crippen MR) is 82.6 cm³/mol. The largest absolute Gasteiger partial charge is 0.493 e. The zero-order chi connectivity index (χ0) is 14.8. The first-order valence-electron chi connectivity index (χ1n) is 7.09. The van der Waals surface area contributed by atoms with Gasteiger partial charge in [0.1, 0.15) is 6.10 Å². The van der Waals surface area contributed by atoms with Crippen LogP contribution in [0.25, 0.3) is 0 Å². The molecule has 21 heavy (non-hydrogen) atoms. The maximum Gasteiger partial charge on any atom is 0.166 e. The molecule has 0 bridgehead atoms. The van der Waals surface area contributed by atoms with Gasteiger partial charge in [0.05, 0.1) is 19.8 Å². The molecule has 1 aromatic rings. The normalized spacial score (nSPS) is 26.3. The van der Waals surface area contributed by atoms with E-state index in [1.54, 1.807) is 13.2 Å². The molecule has 0 radical (unpaired) electrons. The second-order valence-corrected chi connectivity index (χ2v) is 5.25. The van der Waals surface area contributed by atoms with E-state index < -0.39 is 6.10 Å². The van der Waals surface area contributed by atoms with E-state index in [4.69, 9.17) is 9.47 Å². The quantitative estimate of drug-likeness (QED) is 0.683. The Balaban J connectivity index is 2.04. The predicted octanol–water partition coefficient (Wildman–Crippen LogP) is 2.47. The van der Waals surface area contributed by atoms with E-state index in [0.717, 1.165) is 22.6 Å². The van der Waals surface area contributed by atoms with Crippen molar-refractivity contribution in [3.63, 3.8) is 0 Å². The summed E-state index contributed by atoms with van der Waals surface area (Å²) in [5, 5.41) is 9.77. The average Bonchev–Trinajstić information content (AvgIpc) is 2.86. The van der Waals surface area contributed by atoms with E-state index in [1.807, 2.05) is 30.5 Å². The molecule has 1 aliphatic carbocycles. The average molecular weight is 285 g/mol. The van der Waals surface area contributed by atoms with Gasteiger partial charge in [0, 0.05) is 29.7 Å². The van der Waals surface area contributed by atoms with Gasteiger partial charge >= 0.3 is 0 Å². The van der Waals surface area contributed by atoms with Crippen LogP contribution in [0.5, 0.6) is 11.5 Å². The topological polar surface area (TPSA) is 51.0 Å². The number of ether oxygens (including phenoxy) is 2. The molecule has 1 heterocycles. The van der Waals surface area contributed by atoms with Crippen molar-refractivity contribution < 1.29 is 14.6 Å². The van der Waals surface area contributed by atoms with Crippen molar-refractivity contribution in [2.75, 3.05) is 13.7 Å². The molecule has 1 aliphatic heterocycles. The van der Waals surface area contributed by atoms with Crippen LogP contribution >= 0.6 is 0 Å². The molecule has 3 rings (SSSR count). The Hall–Kier alpha value is -2.07. The maximum absolute atomic E-state index is 9.77. The van der Waals surface area contributed by atoms with Crippen LogP contribution in [0.3, 0.4) is 0 Å². The standard InChI is InChI=1S/C17H19NO3/c1-3-8-18-10-11-4-7-14(20-2)17-16(11)13-6-5-12(19)9-15(13)21-17/h3-7,10,12-13,15,19H,1,8-9H2,2H3/b18-10+/t12-,13?,15-/m0/s1. The lowest BCUT2D eigenvalue weighted by Gasteiger charge is -2.23. The minimum atomic E-state index is -0.440. The zero-order valence-electron chi connectivity index (χ0n) is 12.0. The Morgan fingerprint density at radius 3 is 3.10 bits per heavy atom. The minimum absolute atomic E-state index is 0.0390. The number of fused-ring (bicyclic) bond motifs is 3. The molecule has 1 unspecified atom stereocenters. The van der Waals surface area contributed by atoms with E-state index in [2.05, 4.69) is 11.6 Å². The van der Waals surface area contributed by atoms with Crippen molar-refractivity contribution in [3.05, 3.63) is 48.1 Å². The van der Waals surface area contributed by atoms with E-state index in [1.165, 1.54) is 0 Å². The van der Waals surface area contributed by atoms with Crippen molar-refractivity contribution in [1.29, 1.82) is 0 Å². The number of rotatable bonds is 4. The van der Waals surface area contributed by atoms with Crippen LogP contribution in [0.15, 0.2) is 41.9 Å². The number of aliphatic imine (C=N–C) groups is 1. The molecule has 0 saturated carbocycles. The first kappa shape index (κ1) is 13.9. The first-order valence-corrected chi connectivity index (χ1v) is 7.09. The van der Waals surface area contributed by atoms with Crippen molar-refractivity contribution in [1.82, 2.24) is 0 Å². The SMILES string of the molecule is C=CC/N=C/c1ccc(OC)c2c1C1C=C[C@H](O)C[C@@H]1O2. The number of benzene rings is 1. The number of aliphatic hydroxyl groups excluding tert-OH is 1. The first-order chi connectivity index (χ1) is 10.2. The molecular formula is C17H19NO3. The van der Waals surface area contributed by atoms with Crippen molar-refractivity contribution in [2.24, 2.45) is 4.99 Å². The van der Waals surface area contributed by atoms with Gasteiger partial charge in [-0.3, -0.25) is 4.99 Å². The Labute approximate surface area is 124 Å². The van der Waals surface area contributed by atoms with Gasteiger partial charge in [-0.2, -0.15) is 0 Å². The molecule has 1 N–H and O–H groups in total. The van der Waals surface area contributed by atoms with Crippen molar-refractivity contribution in [2.45, 2.75) is 24.5 Å². The van der Waals surface area contributed by atoms with E-state index >= 15 is 0 Å². The highest BCUT2D eigenvalue weighted by Crippen LogP contribution is 2.48.